The van der Waals surface area contributed by atoms with E-state index in [9.17, 15) is 0 Å². The van der Waals surface area contributed by atoms with Crippen LogP contribution in [0.15, 0.2) is 24.3 Å². The van der Waals surface area contributed by atoms with Gasteiger partial charge in [0, 0.05) is 24.8 Å². The first-order chi connectivity index (χ1) is 13.9. The van der Waals surface area contributed by atoms with Crippen LogP contribution in [-0.2, 0) is 0 Å². The molecule has 5 heteroatoms. The highest BCUT2D eigenvalue weighted by Gasteiger charge is 2.30. The summed E-state index contributed by atoms with van der Waals surface area (Å²) in [5, 5.41) is 9.06. The van der Waals surface area contributed by atoms with Crippen molar-refractivity contribution in [3.63, 3.8) is 0 Å². The van der Waals surface area contributed by atoms with E-state index in [1.807, 2.05) is 12.1 Å². The Balaban J connectivity index is 2.18. The molecule has 0 aromatic heterocycles. The van der Waals surface area contributed by atoms with E-state index in [4.69, 9.17) is 15.9 Å². The second-order valence-corrected chi connectivity index (χ2v) is 9.08. The van der Waals surface area contributed by atoms with Gasteiger partial charge in [-0.3, -0.25) is 5.41 Å². The fourth-order valence-electron chi connectivity index (χ4n) is 3.90. The summed E-state index contributed by atoms with van der Waals surface area (Å²) in [6.45, 7) is 11.8. The van der Waals surface area contributed by atoms with Crippen molar-refractivity contribution in [1.29, 1.82) is 5.41 Å². The number of anilines is 1. The smallest absolute Gasteiger partial charge is 0.198 e. The zero-order valence-corrected chi connectivity index (χ0v) is 19.0. The molecule has 0 saturated carbocycles. The van der Waals surface area contributed by atoms with E-state index >= 15 is 0 Å². The zero-order chi connectivity index (χ0) is 21.3. The molecular formula is C24H42N4O. The van der Waals surface area contributed by atoms with Crippen molar-refractivity contribution in [3.8, 4) is 5.75 Å². The van der Waals surface area contributed by atoms with Crippen LogP contribution in [-0.4, -0.2) is 43.1 Å². The van der Waals surface area contributed by atoms with Crippen LogP contribution in [0.5, 0.6) is 5.75 Å². The van der Waals surface area contributed by atoms with Gasteiger partial charge in [0.1, 0.15) is 5.75 Å². The summed E-state index contributed by atoms with van der Waals surface area (Å²) in [6.07, 6.45) is 8.18. The Morgan fingerprint density at radius 1 is 1.21 bits per heavy atom. The molecule has 1 saturated heterocycles. The first kappa shape index (κ1) is 23.5. The molecule has 1 aliphatic heterocycles. The van der Waals surface area contributed by atoms with Gasteiger partial charge in [-0.1, -0.05) is 40.5 Å². The molecule has 1 unspecified atom stereocenters. The molecule has 1 atom stereocenters. The van der Waals surface area contributed by atoms with Gasteiger partial charge >= 0.3 is 0 Å². The summed E-state index contributed by atoms with van der Waals surface area (Å²) in [5.74, 6) is 1.51. The van der Waals surface area contributed by atoms with E-state index in [-0.39, 0.29) is 5.41 Å². The number of hydrogen-bond donors (Lipinski definition) is 2. The van der Waals surface area contributed by atoms with Gasteiger partial charge in [-0.25, -0.2) is 0 Å². The summed E-state index contributed by atoms with van der Waals surface area (Å²) < 4.78 is 5.87. The maximum Gasteiger partial charge on any atom is 0.198 e. The number of nitrogens with zero attached hydrogens (tertiary/aromatic N) is 2. The number of rotatable bonds is 10. The van der Waals surface area contributed by atoms with Crippen LogP contribution < -0.4 is 15.4 Å². The summed E-state index contributed by atoms with van der Waals surface area (Å²) in [4.78, 5) is 4.44. The average Bonchev–Trinajstić information content (AvgIpc) is 2.75. The van der Waals surface area contributed by atoms with Gasteiger partial charge in [0.2, 0.25) is 0 Å². The molecule has 1 aromatic carbocycles. The Bertz CT molecular complexity index is 614. The molecule has 1 aromatic rings. The summed E-state index contributed by atoms with van der Waals surface area (Å²) >= 11 is 0. The Kier molecular flexibility index (Phi) is 9.28. The predicted molar refractivity (Wildman–Crippen MR) is 124 cm³/mol. The molecule has 164 valence electrons. The SMILES string of the molecule is CCCCCOc1ccc(N(CC(C)(C)CN)C(=N)N2CCCCC2CC)cc1. The van der Waals surface area contributed by atoms with Gasteiger partial charge in [0.15, 0.2) is 5.96 Å². The van der Waals surface area contributed by atoms with Crippen molar-refractivity contribution < 1.29 is 4.74 Å². The van der Waals surface area contributed by atoms with E-state index in [2.05, 4.69) is 49.6 Å². The molecule has 0 spiro atoms. The van der Waals surface area contributed by atoms with Crippen molar-refractivity contribution in [2.24, 2.45) is 11.1 Å². The average molecular weight is 403 g/mol. The number of unbranched alkanes of at least 4 members (excludes halogenated alkanes) is 2. The number of benzene rings is 1. The molecule has 1 heterocycles. The van der Waals surface area contributed by atoms with Crippen LogP contribution in [0.2, 0.25) is 0 Å². The van der Waals surface area contributed by atoms with Gasteiger partial charge in [-0.2, -0.15) is 0 Å². The minimum atomic E-state index is -0.0703. The lowest BCUT2D eigenvalue weighted by Gasteiger charge is -2.43. The molecule has 0 amide bonds. The lowest BCUT2D eigenvalue weighted by atomic mass is 9.92. The van der Waals surface area contributed by atoms with Crippen molar-refractivity contribution in [3.05, 3.63) is 24.3 Å². The summed E-state index contributed by atoms with van der Waals surface area (Å²) in [5.41, 5.74) is 7.01. The molecule has 29 heavy (non-hydrogen) atoms. The fourth-order valence-corrected chi connectivity index (χ4v) is 3.90. The number of piperidine rings is 1. The minimum absolute atomic E-state index is 0.0703. The third-order valence-electron chi connectivity index (χ3n) is 5.93. The van der Waals surface area contributed by atoms with Crippen LogP contribution in [0.25, 0.3) is 0 Å². The van der Waals surface area contributed by atoms with Gasteiger partial charge in [-0.05, 0) is 68.3 Å². The van der Waals surface area contributed by atoms with Gasteiger partial charge < -0.3 is 20.3 Å². The Hall–Kier alpha value is -1.75. The topological polar surface area (TPSA) is 65.6 Å². The molecule has 5 nitrogen and oxygen atoms in total. The van der Waals surface area contributed by atoms with E-state index < -0.39 is 0 Å². The van der Waals surface area contributed by atoms with Crippen molar-refractivity contribution in [2.45, 2.75) is 78.7 Å². The molecule has 2 rings (SSSR count). The monoisotopic (exact) mass is 402 g/mol. The molecule has 3 N–H and O–H groups in total. The van der Waals surface area contributed by atoms with Crippen LogP contribution in [0, 0.1) is 10.8 Å². The van der Waals surface area contributed by atoms with Crippen LogP contribution in [0.1, 0.15) is 72.6 Å². The predicted octanol–water partition coefficient (Wildman–Crippen LogP) is 5.25. The quantitative estimate of drug-likeness (QED) is 0.319. The van der Waals surface area contributed by atoms with E-state index in [1.54, 1.807) is 0 Å². The zero-order valence-electron chi connectivity index (χ0n) is 19.0. The van der Waals surface area contributed by atoms with Crippen molar-refractivity contribution >= 4 is 11.6 Å². The Morgan fingerprint density at radius 3 is 2.55 bits per heavy atom. The Morgan fingerprint density at radius 2 is 1.93 bits per heavy atom. The number of hydrogen-bond acceptors (Lipinski definition) is 3. The summed E-state index contributed by atoms with van der Waals surface area (Å²) in [6, 6.07) is 8.69. The molecular weight excluding hydrogens is 360 g/mol. The first-order valence-electron chi connectivity index (χ1n) is 11.5. The second kappa shape index (κ2) is 11.4. The lowest BCUT2D eigenvalue weighted by molar-refractivity contribution is 0.228. The molecule has 1 aliphatic rings. The van der Waals surface area contributed by atoms with E-state index in [0.717, 1.165) is 50.4 Å². The fraction of sp³-hybridized carbons (Fsp3) is 0.708. The van der Waals surface area contributed by atoms with Gasteiger partial charge in [0.05, 0.1) is 6.61 Å². The van der Waals surface area contributed by atoms with Crippen molar-refractivity contribution in [2.75, 3.05) is 31.1 Å². The third-order valence-corrected chi connectivity index (χ3v) is 5.93. The molecule has 0 aliphatic carbocycles. The van der Waals surface area contributed by atoms with Gasteiger partial charge in [-0.15, -0.1) is 0 Å². The number of guanidine groups is 1. The number of nitrogens with one attached hydrogen (secondary N) is 1. The highest BCUT2D eigenvalue weighted by Crippen LogP contribution is 2.28. The number of ether oxygens (including phenoxy) is 1. The minimum Gasteiger partial charge on any atom is -0.494 e. The number of nitrogens with two attached hydrogens (primary N) is 1. The largest absolute Gasteiger partial charge is 0.494 e. The van der Waals surface area contributed by atoms with Gasteiger partial charge in [0.25, 0.3) is 0 Å². The van der Waals surface area contributed by atoms with Crippen LogP contribution in [0.4, 0.5) is 5.69 Å². The highest BCUT2D eigenvalue weighted by atomic mass is 16.5. The molecule has 1 fully saturated rings. The van der Waals surface area contributed by atoms with E-state index in [1.165, 1.54) is 25.7 Å². The van der Waals surface area contributed by atoms with Crippen LogP contribution in [0.3, 0.4) is 0 Å². The standard InChI is InChI=1S/C24H42N4O/c1-5-7-10-17-29-22-14-12-21(13-15-22)28(19-24(3,4)18-25)23(26)27-16-9-8-11-20(27)6-2/h12-15,20,26H,5-11,16-19,25H2,1-4H3. The summed E-state index contributed by atoms with van der Waals surface area (Å²) in [7, 11) is 0. The Labute approximate surface area is 178 Å². The van der Waals surface area contributed by atoms with Crippen LogP contribution >= 0.6 is 0 Å². The lowest BCUT2D eigenvalue weighted by Crippen LogP contribution is -2.53. The highest BCUT2D eigenvalue weighted by molar-refractivity contribution is 5.94. The normalized spacial score (nSPS) is 17.3. The first-order valence-corrected chi connectivity index (χ1v) is 11.5. The molecule has 0 radical (unpaired) electrons. The number of likely N-dealkylation sites (tertiary alicyclic amines) is 1. The van der Waals surface area contributed by atoms with Crippen molar-refractivity contribution in [1.82, 2.24) is 4.90 Å². The third kappa shape index (κ3) is 6.91. The maximum absolute atomic E-state index is 9.06. The van der Waals surface area contributed by atoms with E-state index in [0.29, 0.717) is 18.5 Å². The molecule has 0 bridgehead atoms. The second-order valence-electron chi connectivity index (χ2n) is 9.08. The maximum atomic E-state index is 9.06.